The van der Waals surface area contributed by atoms with Gasteiger partial charge in [0.1, 0.15) is 5.82 Å². The van der Waals surface area contributed by atoms with Crippen molar-refractivity contribution in [3.63, 3.8) is 0 Å². The number of hydrogen-bond acceptors (Lipinski definition) is 2. The Morgan fingerprint density at radius 1 is 1.33 bits per heavy atom. The van der Waals surface area contributed by atoms with Crippen LogP contribution in [0.2, 0.25) is 0 Å². The Kier molecular flexibility index (Phi) is 3.88. The third kappa shape index (κ3) is 3.08. The molecule has 0 saturated carbocycles. The van der Waals surface area contributed by atoms with Crippen LogP contribution in [0.5, 0.6) is 5.75 Å². The van der Waals surface area contributed by atoms with Crippen LogP contribution in [0.3, 0.4) is 0 Å². The fourth-order valence-corrected chi connectivity index (χ4v) is 1.14. The molecule has 0 unspecified atom stereocenters. The average molecular weight is 215 g/mol. The maximum absolute atomic E-state index is 13.3. The molecule has 0 fully saturated rings. The van der Waals surface area contributed by atoms with Crippen LogP contribution < -0.4 is 10.1 Å². The highest BCUT2D eigenvalue weighted by Gasteiger charge is 2.12. The van der Waals surface area contributed by atoms with Gasteiger partial charge in [-0.2, -0.15) is 0 Å². The Morgan fingerprint density at radius 3 is 2.53 bits per heavy atom. The van der Waals surface area contributed by atoms with Crippen molar-refractivity contribution in [2.24, 2.45) is 5.92 Å². The molecule has 15 heavy (non-hydrogen) atoms. The van der Waals surface area contributed by atoms with Crippen molar-refractivity contribution in [1.82, 2.24) is 0 Å². The highest BCUT2D eigenvalue weighted by molar-refractivity contribution is 5.56. The molecule has 0 radical (unpaired) electrons. The smallest absolute Gasteiger partial charge is 0.178 e. The first kappa shape index (κ1) is 11.8. The van der Waals surface area contributed by atoms with Gasteiger partial charge in [-0.1, -0.05) is 13.8 Å². The number of anilines is 1. The van der Waals surface area contributed by atoms with Gasteiger partial charge in [0, 0.05) is 19.2 Å². The van der Waals surface area contributed by atoms with Gasteiger partial charge in [-0.3, -0.25) is 0 Å². The van der Waals surface area contributed by atoms with Crippen LogP contribution in [0.15, 0.2) is 12.1 Å². The molecular formula is C11H15F2NO. The topological polar surface area (TPSA) is 21.3 Å². The SMILES string of the molecule is CNc1cc(F)cc(F)c1OCC(C)C. The molecule has 1 aromatic carbocycles. The summed E-state index contributed by atoms with van der Waals surface area (Å²) in [7, 11) is 1.59. The molecule has 0 bridgehead atoms. The Bertz CT molecular complexity index is 340. The van der Waals surface area contributed by atoms with E-state index in [1.807, 2.05) is 13.8 Å². The summed E-state index contributed by atoms with van der Waals surface area (Å²) in [5, 5.41) is 2.70. The first-order chi connectivity index (χ1) is 7.04. The third-order valence-corrected chi connectivity index (χ3v) is 1.84. The summed E-state index contributed by atoms with van der Waals surface area (Å²) in [6, 6.07) is 2.02. The quantitative estimate of drug-likeness (QED) is 0.833. The van der Waals surface area contributed by atoms with E-state index in [1.54, 1.807) is 7.05 Å². The van der Waals surface area contributed by atoms with Gasteiger partial charge in [0.05, 0.1) is 12.3 Å². The second kappa shape index (κ2) is 4.96. The van der Waals surface area contributed by atoms with E-state index in [4.69, 9.17) is 4.74 Å². The van der Waals surface area contributed by atoms with Crippen LogP contribution in [-0.4, -0.2) is 13.7 Å². The molecule has 0 aliphatic rings. The van der Waals surface area contributed by atoms with Crippen LogP contribution in [0, 0.1) is 17.6 Å². The lowest BCUT2D eigenvalue weighted by atomic mass is 10.2. The van der Waals surface area contributed by atoms with E-state index < -0.39 is 11.6 Å². The summed E-state index contributed by atoms with van der Waals surface area (Å²) < 4.78 is 31.5. The molecule has 0 spiro atoms. The van der Waals surface area contributed by atoms with Crippen LogP contribution in [0.4, 0.5) is 14.5 Å². The molecule has 0 atom stereocenters. The number of halogens is 2. The molecular weight excluding hydrogens is 200 g/mol. The summed E-state index contributed by atoms with van der Waals surface area (Å²) in [6.07, 6.45) is 0. The molecule has 0 aromatic heterocycles. The first-order valence-electron chi connectivity index (χ1n) is 4.84. The Balaban J connectivity index is 2.93. The zero-order valence-electron chi connectivity index (χ0n) is 9.10. The lowest BCUT2D eigenvalue weighted by molar-refractivity contribution is 0.260. The minimum Gasteiger partial charge on any atom is -0.488 e. The Morgan fingerprint density at radius 2 is 2.00 bits per heavy atom. The monoisotopic (exact) mass is 215 g/mol. The maximum atomic E-state index is 13.3. The van der Waals surface area contributed by atoms with Crippen molar-refractivity contribution in [1.29, 1.82) is 0 Å². The molecule has 1 aromatic rings. The van der Waals surface area contributed by atoms with Crippen molar-refractivity contribution in [2.75, 3.05) is 19.0 Å². The van der Waals surface area contributed by atoms with Crippen LogP contribution in [0.1, 0.15) is 13.8 Å². The molecule has 0 heterocycles. The highest BCUT2D eigenvalue weighted by Crippen LogP contribution is 2.29. The molecule has 0 saturated heterocycles. The van der Waals surface area contributed by atoms with Crippen molar-refractivity contribution >= 4 is 5.69 Å². The number of nitrogens with one attached hydrogen (secondary N) is 1. The predicted molar refractivity (Wildman–Crippen MR) is 56.2 cm³/mol. The van der Waals surface area contributed by atoms with E-state index in [2.05, 4.69) is 5.32 Å². The standard InChI is InChI=1S/C11H15F2NO/c1-7(2)6-15-11-9(13)4-8(12)5-10(11)14-3/h4-5,7,14H,6H2,1-3H3. The Hall–Kier alpha value is -1.32. The van der Waals surface area contributed by atoms with Gasteiger partial charge < -0.3 is 10.1 Å². The predicted octanol–water partition coefficient (Wildman–Crippen LogP) is 3.04. The summed E-state index contributed by atoms with van der Waals surface area (Å²) in [6.45, 7) is 4.32. The zero-order valence-corrected chi connectivity index (χ0v) is 9.10. The third-order valence-electron chi connectivity index (χ3n) is 1.84. The molecule has 2 nitrogen and oxygen atoms in total. The zero-order chi connectivity index (χ0) is 11.4. The van der Waals surface area contributed by atoms with Crippen molar-refractivity contribution in [3.8, 4) is 5.75 Å². The lowest BCUT2D eigenvalue weighted by Crippen LogP contribution is -2.08. The van der Waals surface area contributed by atoms with Crippen molar-refractivity contribution < 1.29 is 13.5 Å². The number of ether oxygens (including phenoxy) is 1. The van der Waals surface area contributed by atoms with Crippen LogP contribution in [0.25, 0.3) is 0 Å². The summed E-state index contributed by atoms with van der Waals surface area (Å²) in [5.41, 5.74) is 0.327. The van der Waals surface area contributed by atoms with Crippen LogP contribution in [-0.2, 0) is 0 Å². The molecule has 1 N–H and O–H groups in total. The summed E-state index contributed by atoms with van der Waals surface area (Å²) >= 11 is 0. The summed E-state index contributed by atoms with van der Waals surface area (Å²) in [5.74, 6) is -0.930. The molecule has 0 aliphatic carbocycles. The molecule has 84 valence electrons. The second-order valence-corrected chi connectivity index (χ2v) is 3.72. The van der Waals surface area contributed by atoms with Gasteiger partial charge in [0.2, 0.25) is 0 Å². The number of hydrogen-bond donors (Lipinski definition) is 1. The normalized spacial score (nSPS) is 10.5. The van der Waals surface area contributed by atoms with E-state index in [1.165, 1.54) is 6.07 Å². The van der Waals surface area contributed by atoms with Gasteiger partial charge in [-0.05, 0) is 5.92 Å². The Labute approximate surface area is 88.3 Å². The second-order valence-electron chi connectivity index (χ2n) is 3.72. The van der Waals surface area contributed by atoms with E-state index in [-0.39, 0.29) is 5.75 Å². The maximum Gasteiger partial charge on any atom is 0.178 e. The first-order valence-corrected chi connectivity index (χ1v) is 4.84. The van der Waals surface area contributed by atoms with Gasteiger partial charge in [0.25, 0.3) is 0 Å². The fourth-order valence-electron chi connectivity index (χ4n) is 1.14. The van der Waals surface area contributed by atoms with E-state index >= 15 is 0 Å². The van der Waals surface area contributed by atoms with Gasteiger partial charge in [-0.25, -0.2) is 8.78 Å². The van der Waals surface area contributed by atoms with Gasteiger partial charge in [0.15, 0.2) is 11.6 Å². The van der Waals surface area contributed by atoms with Crippen LogP contribution >= 0.6 is 0 Å². The van der Waals surface area contributed by atoms with Gasteiger partial charge in [-0.15, -0.1) is 0 Å². The molecule has 1 rings (SSSR count). The van der Waals surface area contributed by atoms with Crippen molar-refractivity contribution in [3.05, 3.63) is 23.8 Å². The minimum absolute atomic E-state index is 0.0765. The largest absolute Gasteiger partial charge is 0.488 e. The number of rotatable bonds is 4. The molecule has 4 heteroatoms. The number of benzene rings is 1. The van der Waals surface area contributed by atoms with E-state index in [0.29, 0.717) is 18.2 Å². The van der Waals surface area contributed by atoms with E-state index in [0.717, 1.165) is 6.07 Å². The van der Waals surface area contributed by atoms with Crippen molar-refractivity contribution in [2.45, 2.75) is 13.8 Å². The fraction of sp³-hybridized carbons (Fsp3) is 0.455. The molecule has 0 amide bonds. The lowest BCUT2D eigenvalue weighted by Gasteiger charge is -2.13. The average Bonchev–Trinajstić information content (AvgIpc) is 2.14. The molecule has 0 aliphatic heterocycles. The minimum atomic E-state index is -0.681. The summed E-state index contributed by atoms with van der Waals surface area (Å²) in [4.78, 5) is 0. The highest BCUT2D eigenvalue weighted by atomic mass is 19.1. The van der Waals surface area contributed by atoms with Gasteiger partial charge >= 0.3 is 0 Å². The van der Waals surface area contributed by atoms with E-state index in [9.17, 15) is 8.78 Å².